The van der Waals surface area contributed by atoms with Gasteiger partial charge in [-0.3, -0.25) is 0 Å². The average Bonchev–Trinajstić information content (AvgIpc) is 1.25. The fraction of sp³-hybridized carbons (Fsp3) is 0. The topological polar surface area (TPSA) is 132 Å². The van der Waals surface area contributed by atoms with Gasteiger partial charge in [0.25, 0.3) is 0 Å². The highest BCUT2D eigenvalue weighted by molar-refractivity contribution is 5.69. The fourth-order valence-corrected chi connectivity index (χ4v) is 0. The minimum absolute atomic E-state index is 0.833. The lowest BCUT2D eigenvalue weighted by Crippen LogP contribution is -2.18. The van der Waals surface area contributed by atoms with E-state index in [2.05, 4.69) is 17.2 Å². The lowest BCUT2D eigenvalue weighted by molar-refractivity contribution is 0.205. The second kappa shape index (κ2) is 5.54. The largest absolute Gasteiger partial charge is 0.465 e. The fourth-order valence-electron chi connectivity index (χ4n) is 0. The first-order valence-corrected chi connectivity index (χ1v) is 1.50. The average molecular weight is 121 g/mol. The van der Waals surface area contributed by atoms with Crippen molar-refractivity contribution in [2.45, 2.75) is 0 Å². The van der Waals surface area contributed by atoms with Crippen molar-refractivity contribution in [2.75, 3.05) is 0 Å². The summed E-state index contributed by atoms with van der Waals surface area (Å²) in [4.78, 5) is 17.8. The van der Waals surface area contributed by atoms with E-state index in [0.29, 0.717) is 0 Å². The third-order valence-electron chi connectivity index (χ3n) is 0. The molecule has 0 aliphatic heterocycles. The molecule has 0 aromatic carbocycles. The Morgan fingerprint density at radius 3 is 1.12 bits per heavy atom. The molecule has 7 N–H and O–H groups in total. The molecule has 0 aliphatic rings. The van der Waals surface area contributed by atoms with Gasteiger partial charge in [-0.25, -0.2) is 9.59 Å². The van der Waals surface area contributed by atoms with Gasteiger partial charge in [0.1, 0.15) is 0 Å². The summed E-state index contributed by atoms with van der Waals surface area (Å²) in [5.74, 6) is 0. The third-order valence-corrected chi connectivity index (χ3v) is 0. The predicted octanol–water partition coefficient (Wildman–Crippen LogP) is -1.35. The number of primary amides is 3. The molecule has 0 saturated carbocycles. The standard InChI is InChI=1S/CH4N2O.CH3NO2/c2*2-1(3)4/h(H4,2,3,4);2H2,(H,3,4). The third kappa shape index (κ3) is 26.7. The first kappa shape index (κ1) is 9.74. The predicted molar refractivity (Wildman–Crippen MR) is 26.0 cm³/mol. The van der Waals surface area contributed by atoms with E-state index in [0.717, 1.165) is 0 Å². The van der Waals surface area contributed by atoms with E-state index in [1.807, 2.05) is 0 Å². The van der Waals surface area contributed by atoms with E-state index < -0.39 is 12.1 Å². The minimum Gasteiger partial charge on any atom is -0.465 e. The Balaban J connectivity index is 0. The number of hydrogen-bond donors (Lipinski definition) is 4. The van der Waals surface area contributed by atoms with E-state index in [4.69, 9.17) is 14.7 Å². The zero-order valence-corrected chi connectivity index (χ0v) is 4.00. The molecule has 0 aliphatic carbocycles. The Morgan fingerprint density at radius 2 is 1.12 bits per heavy atom. The van der Waals surface area contributed by atoms with Crippen LogP contribution in [0.2, 0.25) is 0 Å². The molecule has 0 unspecified atom stereocenters. The molecule has 6 heteroatoms. The molecule has 0 rings (SSSR count). The Kier molecular flexibility index (Phi) is 6.74. The van der Waals surface area contributed by atoms with Crippen LogP contribution in [0.4, 0.5) is 9.59 Å². The van der Waals surface area contributed by atoms with Crippen molar-refractivity contribution >= 4 is 12.1 Å². The van der Waals surface area contributed by atoms with Crippen molar-refractivity contribution in [3.63, 3.8) is 0 Å². The van der Waals surface area contributed by atoms with E-state index in [1.165, 1.54) is 0 Å². The zero-order chi connectivity index (χ0) is 7.15. The molecule has 0 heterocycles. The molecule has 0 bridgehead atoms. The monoisotopic (exact) mass is 121 g/mol. The summed E-state index contributed by atoms with van der Waals surface area (Å²) in [5.41, 5.74) is 12.5. The molecule has 48 valence electrons. The van der Waals surface area contributed by atoms with Crippen LogP contribution >= 0.6 is 0 Å². The van der Waals surface area contributed by atoms with Crippen LogP contribution in [0.15, 0.2) is 0 Å². The second-order valence-electron chi connectivity index (χ2n) is 0.741. The van der Waals surface area contributed by atoms with Crippen LogP contribution < -0.4 is 17.2 Å². The molecule has 0 spiro atoms. The van der Waals surface area contributed by atoms with Gasteiger partial charge in [-0.2, -0.15) is 0 Å². The lowest BCUT2D eigenvalue weighted by Gasteiger charge is -1.62. The molecular weight excluding hydrogens is 114 g/mol. The van der Waals surface area contributed by atoms with Crippen molar-refractivity contribution in [3.05, 3.63) is 0 Å². The maximum Gasteiger partial charge on any atom is 0.402 e. The number of hydrogen-bond acceptors (Lipinski definition) is 2. The highest BCUT2D eigenvalue weighted by atomic mass is 16.4. The Labute approximate surface area is 45.2 Å². The molecular formula is C2H7N3O3. The molecule has 0 saturated heterocycles. The smallest absolute Gasteiger partial charge is 0.402 e. The van der Waals surface area contributed by atoms with Gasteiger partial charge in [0.15, 0.2) is 0 Å². The second-order valence-corrected chi connectivity index (χ2v) is 0.741. The lowest BCUT2D eigenvalue weighted by atomic mass is 11.2. The number of carbonyl (C=O) groups excluding carboxylic acids is 1. The van der Waals surface area contributed by atoms with Crippen LogP contribution in [0.25, 0.3) is 0 Å². The maximum atomic E-state index is 9.00. The molecule has 0 aromatic heterocycles. The van der Waals surface area contributed by atoms with Gasteiger partial charge in [-0.1, -0.05) is 0 Å². The van der Waals surface area contributed by atoms with E-state index in [1.54, 1.807) is 0 Å². The molecule has 6 nitrogen and oxygen atoms in total. The number of amides is 3. The van der Waals surface area contributed by atoms with Crippen LogP contribution in [0.3, 0.4) is 0 Å². The molecule has 8 heavy (non-hydrogen) atoms. The summed E-state index contributed by atoms with van der Waals surface area (Å²) >= 11 is 0. The number of rotatable bonds is 0. The minimum atomic E-state index is -1.33. The Bertz CT molecular complexity index is 70.5. The summed E-state index contributed by atoms with van der Waals surface area (Å²) in [7, 11) is 0. The SMILES string of the molecule is NC(=O)O.NC(N)=O. The molecule has 0 atom stereocenters. The van der Waals surface area contributed by atoms with Gasteiger partial charge in [0.05, 0.1) is 0 Å². The van der Waals surface area contributed by atoms with Crippen LogP contribution in [-0.4, -0.2) is 17.2 Å². The first-order chi connectivity index (χ1) is 3.46. The first-order valence-electron chi connectivity index (χ1n) is 1.50. The van der Waals surface area contributed by atoms with Crippen molar-refractivity contribution in [3.8, 4) is 0 Å². The highest BCUT2D eigenvalue weighted by Gasteiger charge is 1.65. The van der Waals surface area contributed by atoms with Crippen molar-refractivity contribution < 1.29 is 14.7 Å². The van der Waals surface area contributed by atoms with Gasteiger partial charge in [-0.15, -0.1) is 0 Å². The number of carboxylic acid groups (broad SMARTS) is 1. The summed E-state index contributed by atoms with van der Waals surface area (Å²) in [6.45, 7) is 0. The Morgan fingerprint density at radius 1 is 1.12 bits per heavy atom. The van der Waals surface area contributed by atoms with Crippen LogP contribution in [0.5, 0.6) is 0 Å². The molecule has 0 fully saturated rings. The van der Waals surface area contributed by atoms with E-state index >= 15 is 0 Å². The number of carbonyl (C=O) groups is 2. The highest BCUT2D eigenvalue weighted by Crippen LogP contribution is 1.34. The van der Waals surface area contributed by atoms with E-state index in [9.17, 15) is 0 Å². The molecule has 0 radical (unpaired) electrons. The van der Waals surface area contributed by atoms with Crippen LogP contribution in [0.1, 0.15) is 0 Å². The summed E-state index contributed by atoms with van der Waals surface area (Å²) in [6.07, 6.45) is -1.33. The quantitative estimate of drug-likeness (QED) is 0.315. The normalized spacial score (nSPS) is 6.00. The van der Waals surface area contributed by atoms with Gasteiger partial charge in [0.2, 0.25) is 0 Å². The number of nitrogens with two attached hydrogens (primary N) is 3. The maximum absolute atomic E-state index is 9.00. The summed E-state index contributed by atoms with van der Waals surface area (Å²) in [5, 5.41) is 7.19. The number of urea groups is 1. The van der Waals surface area contributed by atoms with Crippen LogP contribution in [-0.2, 0) is 0 Å². The van der Waals surface area contributed by atoms with Gasteiger partial charge < -0.3 is 22.3 Å². The van der Waals surface area contributed by atoms with Crippen molar-refractivity contribution in [1.82, 2.24) is 0 Å². The Hall–Kier alpha value is -1.46. The van der Waals surface area contributed by atoms with Crippen molar-refractivity contribution in [2.24, 2.45) is 17.2 Å². The van der Waals surface area contributed by atoms with Crippen LogP contribution in [0, 0.1) is 0 Å². The molecule has 3 amide bonds. The summed E-state index contributed by atoms with van der Waals surface area (Å²) in [6, 6.07) is -0.833. The van der Waals surface area contributed by atoms with Crippen molar-refractivity contribution in [1.29, 1.82) is 0 Å². The zero-order valence-electron chi connectivity index (χ0n) is 4.00. The van der Waals surface area contributed by atoms with Gasteiger partial charge >= 0.3 is 12.1 Å². The molecule has 0 aromatic rings. The van der Waals surface area contributed by atoms with Gasteiger partial charge in [0, 0.05) is 0 Å². The van der Waals surface area contributed by atoms with E-state index in [-0.39, 0.29) is 0 Å². The summed E-state index contributed by atoms with van der Waals surface area (Å²) < 4.78 is 0. The van der Waals surface area contributed by atoms with Gasteiger partial charge in [-0.05, 0) is 0 Å².